The Morgan fingerprint density at radius 1 is 1.12 bits per heavy atom. The van der Waals surface area contributed by atoms with Crippen molar-refractivity contribution in [3.05, 3.63) is 75.3 Å². The summed E-state index contributed by atoms with van der Waals surface area (Å²) in [4.78, 5) is 21.7. The molecule has 0 unspecified atom stereocenters. The first-order chi connectivity index (χ1) is 11.3. The number of hydrazone groups is 1. The first-order valence-electron chi connectivity index (χ1n) is 6.53. The predicted molar refractivity (Wildman–Crippen MR) is 79.6 cm³/mol. The fourth-order valence-electron chi connectivity index (χ4n) is 1.83. The summed E-state index contributed by atoms with van der Waals surface area (Å²) in [6, 6.07) is 9.47. The molecule has 6 nitrogen and oxygen atoms in total. The van der Waals surface area contributed by atoms with Crippen LogP contribution in [0.4, 0.5) is 18.9 Å². The molecule has 0 fully saturated rings. The molecule has 0 saturated heterocycles. The minimum absolute atomic E-state index is 0.0851. The van der Waals surface area contributed by atoms with Crippen molar-refractivity contribution in [3.8, 4) is 0 Å². The van der Waals surface area contributed by atoms with E-state index < -0.39 is 22.6 Å². The number of nitrogens with one attached hydrogen (secondary N) is 1. The second-order valence-corrected chi connectivity index (χ2v) is 4.59. The Bertz CT molecular complexity index is 787. The number of amides is 1. The van der Waals surface area contributed by atoms with Crippen molar-refractivity contribution < 1.29 is 22.9 Å². The molecule has 0 heterocycles. The molecule has 0 saturated carbocycles. The molecule has 2 rings (SSSR count). The van der Waals surface area contributed by atoms with Gasteiger partial charge in [-0.1, -0.05) is 18.2 Å². The van der Waals surface area contributed by atoms with Crippen LogP contribution < -0.4 is 5.43 Å². The van der Waals surface area contributed by atoms with Gasteiger partial charge in [-0.3, -0.25) is 14.9 Å². The minimum Gasteiger partial charge on any atom is -0.267 e. The molecular weight excluding hydrogens is 327 g/mol. The van der Waals surface area contributed by atoms with Crippen LogP contribution in [-0.2, 0) is 6.18 Å². The van der Waals surface area contributed by atoms with E-state index in [4.69, 9.17) is 0 Å². The van der Waals surface area contributed by atoms with Gasteiger partial charge in [0.2, 0.25) is 0 Å². The molecule has 124 valence electrons. The summed E-state index contributed by atoms with van der Waals surface area (Å²) in [6.45, 7) is 0. The number of nitro groups is 1. The molecule has 24 heavy (non-hydrogen) atoms. The molecule has 0 atom stereocenters. The van der Waals surface area contributed by atoms with E-state index in [1.165, 1.54) is 30.3 Å². The summed E-state index contributed by atoms with van der Waals surface area (Å²) >= 11 is 0. The number of rotatable bonds is 4. The molecule has 0 aromatic heterocycles. The van der Waals surface area contributed by atoms with E-state index in [2.05, 4.69) is 10.5 Å². The number of nitrogens with zero attached hydrogens (tertiary/aromatic N) is 2. The van der Waals surface area contributed by atoms with Crippen molar-refractivity contribution >= 4 is 17.8 Å². The van der Waals surface area contributed by atoms with E-state index in [0.717, 1.165) is 24.4 Å². The van der Waals surface area contributed by atoms with Crippen molar-refractivity contribution in [1.82, 2.24) is 5.43 Å². The lowest BCUT2D eigenvalue weighted by molar-refractivity contribution is -0.384. The van der Waals surface area contributed by atoms with Crippen molar-refractivity contribution in [2.75, 3.05) is 0 Å². The highest BCUT2D eigenvalue weighted by atomic mass is 19.4. The molecular formula is C15H10F3N3O3. The zero-order valence-corrected chi connectivity index (χ0v) is 11.9. The lowest BCUT2D eigenvalue weighted by atomic mass is 10.1. The van der Waals surface area contributed by atoms with Crippen molar-refractivity contribution in [1.29, 1.82) is 0 Å². The third kappa shape index (κ3) is 4.15. The van der Waals surface area contributed by atoms with Gasteiger partial charge in [-0.05, 0) is 18.2 Å². The molecule has 1 N–H and O–H groups in total. The van der Waals surface area contributed by atoms with Gasteiger partial charge in [0.25, 0.3) is 11.6 Å². The van der Waals surface area contributed by atoms with Gasteiger partial charge in [-0.2, -0.15) is 18.3 Å². The van der Waals surface area contributed by atoms with Gasteiger partial charge in [0, 0.05) is 23.3 Å². The molecule has 0 aliphatic carbocycles. The SMILES string of the molecule is O=C(N/N=C/c1ccccc1C(F)(F)F)c1ccc([N+](=O)[O-])cc1. The van der Waals surface area contributed by atoms with Gasteiger partial charge >= 0.3 is 6.18 Å². The summed E-state index contributed by atoms with van der Waals surface area (Å²) in [5.41, 5.74) is 0.891. The van der Waals surface area contributed by atoms with E-state index in [1.54, 1.807) is 0 Å². The number of hydrogen-bond acceptors (Lipinski definition) is 4. The van der Waals surface area contributed by atoms with Crippen LogP contribution in [0, 0.1) is 10.1 Å². The zero-order chi connectivity index (χ0) is 17.7. The summed E-state index contributed by atoms with van der Waals surface area (Å²) in [5.74, 6) is -0.703. The summed E-state index contributed by atoms with van der Waals surface area (Å²) < 4.78 is 38.4. The number of carbonyl (C=O) groups is 1. The monoisotopic (exact) mass is 337 g/mol. The third-order valence-corrected chi connectivity index (χ3v) is 2.98. The largest absolute Gasteiger partial charge is 0.417 e. The lowest BCUT2D eigenvalue weighted by Gasteiger charge is -2.09. The maximum Gasteiger partial charge on any atom is 0.417 e. The van der Waals surface area contributed by atoms with Gasteiger partial charge in [-0.15, -0.1) is 0 Å². The van der Waals surface area contributed by atoms with E-state index >= 15 is 0 Å². The highest BCUT2D eigenvalue weighted by molar-refractivity contribution is 5.95. The second kappa shape index (κ2) is 6.90. The molecule has 0 radical (unpaired) electrons. The van der Waals surface area contributed by atoms with E-state index in [1.807, 2.05) is 0 Å². The molecule has 2 aromatic carbocycles. The molecule has 0 spiro atoms. The molecule has 0 bridgehead atoms. The number of non-ortho nitro benzene ring substituents is 1. The van der Waals surface area contributed by atoms with Crippen LogP contribution in [0.25, 0.3) is 0 Å². The van der Waals surface area contributed by atoms with Crippen LogP contribution in [0.3, 0.4) is 0 Å². The fraction of sp³-hybridized carbons (Fsp3) is 0.0667. The van der Waals surface area contributed by atoms with Gasteiger partial charge < -0.3 is 0 Å². The number of carbonyl (C=O) groups excluding carboxylic acids is 1. The van der Waals surface area contributed by atoms with E-state index in [-0.39, 0.29) is 16.8 Å². The highest BCUT2D eigenvalue weighted by Gasteiger charge is 2.32. The number of halogens is 3. The van der Waals surface area contributed by atoms with E-state index in [0.29, 0.717) is 0 Å². The van der Waals surface area contributed by atoms with Crippen molar-refractivity contribution in [2.24, 2.45) is 5.10 Å². The Labute approximate surface area is 133 Å². The zero-order valence-electron chi connectivity index (χ0n) is 11.9. The third-order valence-electron chi connectivity index (χ3n) is 2.98. The maximum atomic E-state index is 12.8. The van der Waals surface area contributed by atoms with Gasteiger partial charge in [-0.25, -0.2) is 5.43 Å². The molecule has 2 aromatic rings. The van der Waals surface area contributed by atoms with Crippen LogP contribution in [0.5, 0.6) is 0 Å². The average molecular weight is 337 g/mol. The van der Waals surface area contributed by atoms with Crippen LogP contribution >= 0.6 is 0 Å². The Morgan fingerprint density at radius 2 is 1.75 bits per heavy atom. The van der Waals surface area contributed by atoms with Crippen LogP contribution in [-0.4, -0.2) is 17.0 Å². The Morgan fingerprint density at radius 3 is 2.33 bits per heavy atom. The summed E-state index contributed by atoms with van der Waals surface area (Å²) in [7, 11) is 0. The fourth-order valence-corrected chi connectivity index (χ4v) is 1.83. The highest BCUT2D eigenvalue weighted by Crippen LogP contribution is 2.31. The number of hydrogen-bond donors (Lipinski definition) is 1. The van der Waals surface area contributed by atoms with Gasteiger partial charge in [0.15, 0.2) is 0 Å². The smallest absolute Gasteiger partial charge is 0.267 e. The first-order valence-corrected chi connectivity index (χ1v) is 6.53. The Kier molecular flexibility index (Phi) is 4.93. The van der Waals surface area contributed by atoms with E-state index in [9.17, 15) is 28.1 Å². The Hall–Kier alpha value is -3.23. The van der Waals surface area contributed by atoms with Crippen molar-refractivity contribution in [3.63, 3.8) is 0 Å². The minimum atomic E-state index is -4.54. The molecule has 1 amide bonds. The average Bonchev–Trinajstić information content (AvgIpc) is 2.54. The summed E-state index contributed by atoms with van der Waals surface area (Å²) in [6.07, 6.45) is -3.66. The number of nitro benzene ring substituents is 1. The topological polar surface area (TPSA) is 84.6 Å². The molecule has 0 aliphatic heterocycles. The van der Waals surface area contributed by atoms with Crippen LogP contribution in [0.2, 0.25) is 0 Å². The Balaban J connectivity index is 2.09. The molecule has 0 aliphatic rings. The maximum absolute atomic E-state index is 12.8. The van der Waals surface area contributed by atoms with Crippen molar-refractivity contribution in [2.45, 2.75) is 6.18 Å². The number of benzene rings is 2. The molecule has 9 heteroatoms. The summed E-state index contributed by atoms with van der Waals surface area (Å²) in [5, 5.41) is 14.0. The normalized spacial score (nSPS) is 11.5. The van der Waals surface area contributed by atoms with Gasteiger partial charge in [0.1, 0.15) is 0 Å². The van der Waals surface area contributed by atoms with Crippen LogP contribution in [0.1, 0.15) is 21.5 Å². The van der Waals surface area contributed by atoms with Crippen LogP contribution in [0.15, 0.2) is 53.6 Å². The lowest BCUT2D eigenvalue weighted by Crippen LogP contribution is -2.18. The quantitative estimate of drug-likeness (QED) is 0.527. The first kappa shape index (κ1) is 17.1. The predicted octanol–water partition coefficient (Wildman–Crippen LogP) is 3.38. The van der Waals surface area contributed by atoms with Gasteiger partial charge in [0.05, 0.1) is 16.7 Å². The second-order valence-electron chi connectivity index (χ2n) is 4.59. The standard InChI is InChI=1S/C15H10F3N3O3/c16-15(17,18)13-4-2-1-3-11(13)9-19-20-14(22)10-5-7-12(8-6-10)21(23)24/h1-9H,(H,20,22)/b19-9+. The number of alkyl halides is 3.